The topological polar surface area (TPSA) is 90.8 Å². The third-order valence-corrected chi connectivity index (χ3v) is 8.12. The molecule has 30 heavy (non-hydrogen) atoms. The zero-order valence-electron chi connectivity index (χ0n) is 17.1. The highest BCUT2D eigenvalue weighted by molar-refractivity contribution is 7.99. The van der Waals surface area contributed by atoms with Crippen molar-refractivity contribution < 1.29 is 18.3 Å². The van der Waals surface area contributed by atoms with Gasteiger partial charge in [0.2, 0.25) is 10.0 Å². The Hall–Kier alpha value is -1.94. The number of aliphatic hydroxyl groups excluding tert-OH is 1. The quantitative estimate of drug-likeness (QED) is 0.618. The Morgan fingerprint density at radius 2 is 1.93 bits per heavy atom. The Morgan fingerprint density at radius 1 is 1.20 bits per heavy atom. The average molecular weight is 450 g/mol. The second-order valence-corrected chi connectivity index (χ2v) is 10.8. The molecule has 1 aromatic heterocycles. The molecule has 0 radical (unpaired) electrons. The molecule has 2 heterocycles. The van der Waals surface area contributed by atoms with Gasteiger partial charge in [-0.2, -0.15) is 0 Å². The van der Waals surface area contributed by atoms with Gasteiger partial charge in [-0.15, -0.1) is 11.8 Å². The summed E-state index contributed by atoms with van der Waals surface area (Å²) >= 11 is 1.52. The first-order valence-electron chi connectivity index (χ1n) is 9.77. The van der Waals surface area contributed by atoms with Gasteiger partial charge in [0.25, 0.3) is 5.91 Å². The molecule has 162 valence electrons. The molecular formula is C21H27N3O4S2. The number of thioether (sulfide) groups is 1. The van der Waals surface area contributed by atoms with E-state index >= 15 is 0 Å². The number of benzene rings is 1. The fraction of sp³-hybridized carbons (Fsp3) is 0.429. The zero-order chi connectivity index (χ0) is 21.7. The number of β-amino-alcohol motifs (C(OH)–C–C–N with tert-alkyl or cyclic N) is 1. The minimum absolute atomic E-state index is 0.121. The van der Waals surface area contributed by atoms with Crippen LogP contribution >= 0.6 is 11.8 Å². The highest BCUT2D eigenvalue weighted by Gasteiger charge is 2.38. The molecule has 0 bridgehead atoms. The van der Waals surface area contributed by atoms with Crippen LogP contribution in [0.1, 0.15) is 15.9 Å². The van der Waals surface area contributed by atoms with Crippen LogP contribution in [0.2, 0.25) is 0 Å². The lowest BCUT2D eigenvalue weighted by Crippen LogP contribution is -2.33. The Labute approximate surface area is 182 Å². The second kappa shape index (κ2) is 9.91. The summed E-state index contributed by atoms with van der Waals surface area (Å²) in [5.74, 6) is -0.133. The van der Waals surface area contributed by atoms with E-state index in [-0.39, 0.29) is 24.7 Å². The highest BCUT2D eigenvalue weighted by atomic mass is 32.2. The molecule has 1 aromatic carbocycles. The Balaban J connectivity index is 1.65. The van der Waals surface area contributed by atoms with Crippen molar-refractivity contribution >= 4 is 27.7 Å². The zero-order valence-corrected chi connectivity index (χ0v) is 18.8. The van der Waals surface area contributed by atoms with Crippen LogP contribution in [-0.2, 0) is 16.4 Å². The van der Waals surface area contributed by atoms with E-state index in [2.05, 4.69) is 17.1 Å². The van der Waals surface area contributed by atoms with Gasteiger partial charge in [0.05, 0.1) is 17.4 Å². The molecule has 0 spiro atoms. The van der Waals surface area contributed by atoms with Gasteiger partial charge in [0.15, 0.2) is 0 Å². The Morgan fingerprint density at radius 3 is 2.63 bits per heavy atom. The van der Waals surface area contributed by atoms with Crippen LogP contribution < -0.4 is 0 Å². The maximum absolute atomic E-state index is 13.1. The molecular weight excluding hydrogens is 422 g/mol. The summed E-state index contributed by atoms with van der Waals surface area (Å²) < 4.78 is 25.5. The van der Waals surface area contributed by atoms with Crippen molar-refractivity contribution in [2.24, 2.45) is 5.92 Å². The lowest BCUT2D eigenvalue weighted by atomic mass is 10.1. The SMILES string of the molecule is CN(C)S(=O)(=O)CC1CN(C(=O)c2cccnc2SCCc2ccccc2)CC1O. The van der Waals surface area contributed by atoms with E-state index in [4.69, 9.17) is 0 Å². The van der Waals surface area contributed by atoms with Crippen molar-refractivity contribution in [3.63, 3.8) is 0 Å². The summed E-state index contributed by atoms with van der Waals surface area (Å²) in [5.41, 5.74) is 1.71. The van der Waals surface area contributed by atoms with Crippen molar-refractivity contribution in [2.75, 3.05) is 38.7 Å². The van der Waals surface area contributed by atoms with Gasteiger partial charge >= 0.3 is 0 Å². The predicted octanol–water partition coefficient (Wildman–Crippen LogP) is 1.74. The van der Waals surface area contributed by atoms with Crippen molar-refractivity contribution in [3.8, 4) is 0 Å². The number of aliphatic hydroxyl groups is 1. The average Bonchev–Trinajstić information content (AvgIpc) is 3.08. The number of hydrogen-bond donors (Lipinski definition) is 1. The van der Waals surface area contributed by atoms with Gasteiger partial charge < -0.3 is 10.0 Å². The molecule has 2 aromatic rings. The van der Waals surface area contributed by atoms with Crippen molar-refractivity contribution in [1.29, 1.82) is 0 Å². The van der Waals surface area contributed by atoms with Crippen molar-refractivity contribution in [1.82, 2.24) is 14.2 Å². The number of amides is 1. The molecule has 1 aliphatic heterocycles. The summed E-state index contributed by atoms with van der Waals surface area (Å²) in [6.45, 7) is 0.325. The van der Waals surface area contributed by atoms with Gasteiger partial charge in [-0.1, -0.05) is 30.3 Å². The first kappa shape index (κ1) is 22.7. The number of pyridine rings is 1. The summed E-state index contributed by atoms with van der Waals surface area (Å²) in [6, 6.07) is 13.6. The van der Waals surface area contributed by atoms with E-state index in [0.29, 0.717) is 10.6 Å². The van der Waals surface area contributed by atoms with Gasteiger partial charge in [0, 0.05) is 45.1 Å². The molecule has 1 aliphatic rings. The molecule has 0 aliphatic carbocycles. The molecule has 1 amide bonds. The van der Waals surface area contributed by atoms with E-state index in [1.807, 2.05) is 18.2 Å². The molecule has 1 saturated heterocycles. The van der Waals surface area contributed by atoms with E-state index in [1.54, 1.807) is 18.3 Å². The molecule has 3 rings (SSSR count). The van der Waals surface area contributed by atoms with Crippen molar-refractivity contribution in [2.45, 2.75) is 17.6 Å². The number of carbonyl (C=O) groups excluding carboxylic acids is 1. The molecule has 1 fully saturated rings. The van der Waals surface area contributed by atoms with Crippen LogP contribution in [0.5, 0.6) is 0 Å². The molecule has 7 nitrogen and oxygen atoms in total. The van der Waals surface area contributed by atoms with E-state index in [1.165, 1.54) is 36.3 Å². The first-order chi connectivity index (χ1) is 14.3. The number of hydrogen-bond acceptors (Lipinski definition) is 6. The maximum Gasteiger partial charge on any atom is 0.256 e. The van der Waals surface area contributed by atoms with Crippen LogP contribution in [-0.4, -0.2) is 78.4 Å². The summed E-state index contributed by atoms with van der Waals surface area (Å²) in [7, 11) is -0.523. The number of aryl methyl sites for hydroxylation is 1. The maximum atomic E-state index is 13.1. The molecule has 0 saturated carbocycles. The van der Waals surface area contributed by atoms with E-state index in [9.17, 15) is 18.3 Å². The van der Waals surface area contributed by atoms with Crippen LogP contribution in [0, 0.1) is 5.92 Å². The lowest BCUT2D eigenvalue weighted by molar-refractivity contribution is 0.0760. The fourth-order valence-corrected chi connectivity index (χ4v) is 5.50. The number of carbonyl (C=O) groups is 1. The Kier molecular flexibility index (Phi) is 7.51. The van der Waals surface area contributed by atoms with Crippen LogP contribution in [0.25, 0.3) is 0 Å². The molecule has 9 heteroatoms. The predicted molar refractivity (Wildman–Crippen MR) is 118 cm³/mol. The number of likely N-dealkylation sites (tertiary alicyclic amines) is 1. The minimum Gasteiger partial charge on any atom is -0.391 e. The standard InChI is InChI=1S/C21H27N3O4S2/c1-23(2)30(27,28)15-17-13-24(14-19(17)25)21(26)18-9-6-11-22-20(18)29-12-10-16-7-4-3-5-8-16/h3-9,11,17,19,25H,10,12-15H2,1-2H3. The Bertz CT molecular complexity index is 967. The normalized spacial score (nSPS) is 19.4. The summed E-state index contributed by atoms with van der Waals surface area (Å²) in [4.78, 5) is 19.0. The van der Waals surface area contributed by atoms with Crippen LogP contribution in [0.15, 0.2) is 53.7 Å². The van der Waals surface area contributed by atoms with Gasteiger partial charge in [-0.25, -0.2) is 17.7 Å². The first-order valence-corrected chi connectivity index (χ1v) is 12.4. The highest BCUT2D eigenvalue weighted by Crippen LogP contribution is 2.26. The van der Waals surface area contributed by atoms with Crippen LogP contribution in [0.3, 0.4) is 0 Å². The van der Waals surface area contributed by atoms with E-state index in [0.717, 1.165) is 16.5 Å². The molecule has 1 N–H and O–H groups in total. The second-order valence-electron chi connectivity index (χ2n) is 7.54. The van der Waals surface area contributed by atoms with E-state index < -0.39 is 22.0 Å². The lowest BCUT2D eigenvalue weighted by Gasteiger charge is -2.18. The van der Waals surface area contributed by atoms with Gasteiger partial charge in [-0.3, -0.25) is 4.79 Å². The van der Waals surface area contributed by atoms with Crippen LogP contribution in [0.4, 0.5) is 0 Å². The largest absolute Gasteiger partial charge is 0.391 e. The fourth-order valence-electron chi connectivity index (χ4n) is 3.35. The summed E-state index contributed by atoms with van der Waals surface area (Å²) in [5, 5.41) is 11.0. The smallest absolute Gasteiger partial charge is 0.256 e. The minimum atomic E-state index is -3.46. The third kappa shape index (κ3) is 5.60. The number of rotatable bonds is 8. The van der Waals surface area contributed by atoms with Gasteiger partial charge in [0.1, 0.15) is 5.03 Å². The molecule has 2 atom stereocenters. The number of sulfonamides is 1. The molecule has 2 unspecified atom stereocenters. The summed E-state index contributed by atoms with van der Waals surface area (Å²) in [6.07, 6.45) is 1.66. The monoisotopic (exact) mass is 449 g/mol. The third-order valence-electron chi connectivity index (χ3n) is 5.15. The van der Waals surface area contributed by atoms with Crippen molar-refractivity contribution in [3.05, 3.63) is 59.8 Å². The number of aromatic nitrogens is 1. The number of nitrogens with zero attached hydrogens (tertiary/aromatic N) is 3. The van der Waals surface area contributed by atoms with Gasteiger partial charge in [-0.05, 0) is 24.1 Å².